The lowest BCUT2D eigenvalue weighted by Crippen LogP contribution is -2.40. The van der Waals surface area contributed by atoms with Gasteiger partial charge in [0.05, 0.1) is 29.8 Å². The summed E-state index contributed by atoms with van der Waals surface area (Å²) in [5.74, 6) is 0.131. The van der Waals surface area contributed by atoms with Gasteiger partial charge in [0.2, 0.25) is 15.9 Å². The Balaban J connectivity index is 2.22. The highest BCUT2D eigenvalue weighted by Gasteiger charge is 2.24. The number of amides is 1. The smallest absolute Gasteiger partial charge is 0.241 e. The molecule has 1 amide bonds. The van der Waals surface area contributed by atoms with Crippen LogP contribution >= 0.6 is 11.6 Å². The minimum atomic E-state index is -3.68. The summed E-state index contributed by atoms with van der Waals surface area (Å²) in [5.41, 5.74) is 1.92. The molecule has 0 spiro atoms. The zero-order valence-corrected chi connectivity index (χ0v) is 15.2. The molecule has 0 unspecified atom stereocenters. The molecule has 2 aromatic rings. The number of carbonyl (C=O) groups excluding carboxylic acids is 1. The number of nitrogens with zero attached hydrogens (tertiary/aromatic N) is 1. The van der Waals surface area contributed by atoms with Crippen LogP contribution in [0.25, 0.3) is 0 Å². The van der Waals surface area contributed by atoms with E-state index in [9.17, 15) is 13.2 Å². The molecule has 0 atom stereocenters. The Kier molecular flexibility index (Phi) is 5.56. The predicted octanol–water partition coefficient (Wildman–Crippen LogP) is 2.63. The molecule has 0 aliphatic carbocycles. The first-order valence-electron chi connectivity index (χ1n) is 7.22. The van der Waals surface area contributed by atoms with Crippen molar-refractivity contribution in [2.45, 2.75) is 20.4 Å². The second-order valence-corrected chi connectivity index (χ2v) is 7.85. The van der Waals surface area contributed by atoms with Crippen LogP contribution in [-0.4, -0.2) is 27.1 Å². The Labute approximate surface area is 146 Å². The van der Waals surface area contributed by atoms with Gasteiger partial charge in [0, 0.05) is 0 Å². The fourth-order valence-electron chi connectivity index (χ4n) is 2.37. The van der Waals surface area contributed by atoms with E-state index in [0.717, 1.165) is 16.1 Å². The van der Waals surface area contributed by atoms with Gasteiger partial charge in [-0.2, -0.15) is 0 Å². The zero-order chi connectivity index (χ0) is 17.9. The molecule has 0 aliphatic rings. The Morgan fingerprint density at radius 2 is 2.04 bits per heavy atom. The van der Waals surface area contributed by atoms with E-state index in [-0.39, 0.29) is 18.1 Å². The summed E-state index contributed by atoms with van der Waals surface area (Å²) in [7, 11) is -3.68. The minimum absolute atomic E-state index is 0.185. The number of hydrogen-bond donors (Lipinski definition) is 1. The molecule has 6 nitrogen and oxygen atoms in total. The predicted molar refractivity (Wildman–Crippen MR) is 93.7 cm³/mol. The normalized spacial score (nSPS) is 11.3. The number of halogens is 1. The van der Waals surface area contributed by atoms with Crippen LogP contribution in [0, 0.1) is 13.8 Å². The van der Waals surface area contributed by atoms with Crippen molar-refractivity contribution >= 4 is 33.2 Å². The van der Waals surface area contributed by atoms with E-state index < -0.39 is 15.9 Å². The number of benzene rings is 1. The Morgan fingerprint density at radius 3 is 2.58 bits per heavy atom. The zero-order valence-electron chi connectivity index (χ0n) is 13.7. The molecule has 8 heteroatoms. The van der Waals surface area contributed by atoms with Crippen molar-refractivity contribution < 1.29 is 17.6 Å². The van der Waals surface area contributed by atoms with Crippen LogP contribution in [0.5, 0.6) is 0 Å². The molecular formula is C16H19ClN2O4S. The minimum Gasteiger partial charge on any atom is -0.467 e. The van der Waals surface area contributed by atoms with Crippen LogP contribution in [0.1, 0.15) is 16.9 Å². The summed E-state index contributed by atoms with van der Waals surface area (Å²) >= 11 is 6.22. The van der Waals surface area contributed by atoms with Crippen molar-refractivity contribution in [3.05, 3.63) is 52.4 Å². The van der Waals surface area contributed by atoms with E-state index in [4.69, 9.17) is 16.0 Å². The fraction of sp³-hybridized carbons (Fsp3) is 0.312. The van der Waals surface area contributed by atoms with Gasteiger partial charge < -0.3 is 9.73 Å². The van der Waals surface area contributed by atoms with Crippen LogP contribution < -0.4 is 9.62 Å². The maximum Gasteiger partial charge on any atom is 0.241 e. The average molecular weight is 371 g/mol. The number of sulfonamides is 1. The molecular weight excluding hydrogens is 352 g/mol. The van der Waals surface area contributed by atoms with E-state index in [0.29, 0.717) is 17.0 Å². The molecule has 1 aromatic heterocycles. The van der Waals surface area contributed by atoms with Gasteiger partial charge in [-0.1, -0.05) is 17.7 Å². The topological polar surface area (TPSA) is 79.6 Å². The Bertz CT molecular complexity index is 809. The van der Waals surface area contributed by atoms with Gasteiger partial charge in [-0.05, 0) is 43.2 Å². The third-order valence-corrected chi connectivity index (χ3v) is 4.78. The SMILES string of the molecule is Cc1cc(C)c(N(CC(=O)NCc2ccco2)S(C)(=O)=O)c(Cl)c1. The molecule has 130 valence electrons. The first-order valence-corrected chi connectivity index (χ1v) is 9.44. The van der Waals surface area contributed by atoms with Gasteiger partial charge in [0.1, 0.15) is 12.3 Å². The van der Waals surface area contributed by atoms with Crippen molar-refractivity contribution in [3.63, 3.8) is 0 Å². The number of furan rings is 1. The maximum absolute atomic E-state index is 12.2. The van der Waals surface area contributed by atoms with Crippen LogP contribution in [0.3, 0.4) is 0 Å². The number of aryl methyl sites for hydroxylation is 2. The largest absolute Gasteiger partial charge is 0.467 e. The van der Waals surface area contributed by atoms with Crippen molar-refractivity contribution in [1.29, 1.82) is 0 Å². The lowest BCUT2D eigenvalue weighted by Gasteiger charge is -2.25. The molecule has 0 saturated heterocycles. The number of nitrogens with one attached hydrogen (secondary N) is 1. The number of hydrogen-bond acceptors (Lipinski definition) is 4. The second kappa shape index (κ2) is 7.27. The van der Waals surface area contributed by atoms with Crippen LogP contribution in [0.4, 0.5) is 5.69 Å². The number of anilines is 1. The van der Waals surface area contributed by atoms with Gasteiger partial charge >= 0.3 is 0 Å². The molecule has 0 radical (unpaired) electrons. The molecule has 0 bridgehead atoms. The number of rotatable bonds is 6. The molecule has 1 aromatic carbocycles. The van der Waals surface area contributed by atoms with Crippen molar-refractivity contribution in [2.75, 3.05) is 17.1 Å². The quantitative estimate of drug-likeness (QED) is 0.847. The summed E-state index contributed by atoms with van der Waals surface area (Å²) in [6, 6.07) is 6.91. The molecule has 2 rings (SSSR count). The standard InChI is InChI=1S/C16H19ClN2O4S/c1-11-7-12(2)16(14(17)8-11)19(24(3,21)22)10-15(20)18-9-13-5-4-6-23-13/h4-8H,9-10H2,1-3H3,(H,18,20). The average Bonchev–Trinajstić information content (AvgIpc) is 2.95. The summed E-state index contributed by atoms with van der Waals surface area (Å²) in [4.78, 5) is 12.2. The first kappa shape index (κ1) is 18.4. The Morgan fingerprint density at radius 1 is 1.33 bits per heavy atom. The molecule has 0 saturated carbocycles. The van der Waals surface area contributed by atoms with Crippen LogP contribution in [0.15, 0.2) is 34.9 Å². The van der Waals surface area contributed by atoms with Gasteiger partial charge in [-0.3, -0.25) is 9.10 Å². The third kappa shape index (κ3) is 4.52. The lowest BCUT2D eigenvalue weighted by atomic mass is 10.1. The van der Waals surface area contributed by atoms with E-state index in [1.54, 1.807) is 25.1 Å². The number of carbonyl (C=O) groups is 1. The highest BCUT2D eigenvalue weighted by Crippen LogP contribution is 2.32. The monoisotopic (exact) mass is 370 g/mol. The summed E-state index contributed by atoms with van der Waals surface area (Å²) in [5, 5.41) is 2.91. The van der Waals surface area contributed by atoms with Gasteiger partial charge in [0.25, 0.3) is 0 Å². The Hall–Kier alpha value is -1.99. The fourth-order valence-corrected chi connectivity index (χ4v) is 3.77. The molecule has 0 aliphatic heterocycles. The molecule has 1 N–H and O–H groups in total. The summed E-state index contributed by atoms with van der Waals surface area (Å²) in [6.07, 6.45) is 2.54. The third-order valence-electron chi connectivity index (χ3n) is 3.38. The highest BCUT2D eigenvalue weighted by atomic mass is 35.5. The van der Waals surface area contributed by atoms with Crippen LogP contribution in [0.2, 0.25) is 5.02 Å². The van der Waals surface area contributed by atoms with Crippen molar-refractivity contribution in [1.82, 2.24) is 5.32 Å². The van der Waals surface area contributed by atoms with Gasteiger partial charge in [-0.15, -0.1) is 0 Å². The van der Waals surface area contributed by atoms with E-state index >= 15 is 0 Å². The summed E-state index contributed by atoms with van der Waals surface area (Å²) in [6.45, 7) is 3.45. The first-order chi connectivity index (χ1) is 11.2. The summed E-state index contributed by atoms with van der Waals surface area (Å²) < 4.78 is 30.5. The van der Waals surface area contributed by atoms with Gasteiger partial charge in [0.15, 0.2) is 0 Å². The van der Waals surface area contributed by atoms with Crippen LogP contribution in [-0.2, 0) is 21.4 Å². The van der Waals surface area contributed by atoms with Gasteiger partial charge in [-0.25, -0.2) is 8.42 Å². The molecule has 0 fully saturated rings. The van der Waals surface area contributed by atoms with E-state index in [2.05, 4.69) is 5.32 Å². The van der Waals surface area contributed by atoms with Crippen molar-refractivity contribution in [2.24, 2.45) is 0 Å². The lowest BCUT2D eigenvalue weighted by molar-refractivity contribution is -0.119. The van der Waals surface area contributed by atoms with E-state index in [1.807, 2.05) is 13.0 Å². The highest BCUT2D eigenvalue weighted by molar-refractivity contribution is 7.92. The molecule has 1 heterocycles. The second-order valence-electron chi connectivity index (χ2n) is 5.54. The van der Waals surface area contributed by atoms with E-state index in [1.165, 1.54) is 6.26 Å². The van der Waals surface area contributed by atoms with Crippen molar-refractivity contribution in [3.8, 4) is 0 Å². The maximum atomic E-state index is 12.2. The molecule has 24 heavy (non-hydrogen) atoms.